The number of aromatic nitrogens is 1. The number of thiazole rings is 1. The summed E-state index contributed by atoms with van der Waals surface area (Å²) in [4.78, 5) is 36.9. The fraction of sp³-hybridized carbons (Fsp3) is 0.487. The topological polar surface area (TPSA) is 89.9 Å². The largest absolute Gasteiger partial charge is 0.469 e. The van der Waals surface area contributed by atoms with Crippen molar-refractivity contribution in [2.45, 2.75) is 91.5 Å². The highest BCUT2D eigenvalue weighted by molar-refractivity contribution is 7.11. The van der Waals surface area contributed by atoms with Crippen LogP contribution in [0.15, 0.2) is 81.0 Å². The molecule has 3 atom stereocenters. The molecule has 1 N–H and O–H groups in total. The molecule has 9 heteroatoms. The van der Waals surface area contributed by atoms with E-state index in [0.717, 1.165) is 56.9 Å². The summed E-state index contributed by atoms with van der Waals surface area (Å²) < 4.78 is 26.0. The van der Waals surface area contributed by atoms with E-state index < -0.39 is 17.9 Å². The maximum Gasteiger partial charge on any atom is 0.338 e. The number of carbonyl (C=O) groups excluding carboxylic acids is 2. The van der Waals surface area contributed by atoms with E-state index in [1.54, 1.807) is 26.1 Å². The van der Waals surface area contributed by atoms with Gasteiger partial charge in [-0.2, -0.15) is 0 Å². The second-order valence-corrected chi connectivity index (χ2v) is 14.2. The first kappa shape index (κ1) is 35.5. The minimum atomic E-state index is -0.798. The number of amidine groups is 1. The van der Waals surface area contributed by atoms with Gasteiger partial charge < -0.3 is 14.8 Å². The van der Waals surface area contributed by atoms with Gasteiger partial charge in [0.15, 0.2) is 10.8 Å². The Morgan fingerprint density at radius 1 is 1.19 bits per heavy atom. The van der Waals surface area contributed by atoms with E-state index in [0.29, 0.717) is 45.6 Å². The number of ether oxygens (including phenoxy) is 2. The van der Waals surface area contributed by atoms with Crippen LogP contribution < -0.4 is 5.32 Å². The van der Waals surface area contributed by atoms with Gasteiger partial charge in [0.25, 0.3) is 0 Å². The van der Waals surface area contributed by atoms with E-state index in [2.05, 4.69) is 42.4 Å². The third-order valence-electron chi connectivity index (χ3n) is 9.51. The Balaban J connectivity index is 1.61. The van der Waals surface area contributed by atoms with Crippen molar-refractivity contribution in [3.8, 4) is 0 Å². The molecule has 0 bridgehead atoms. The number of aliphatic imine (C=N–C) groups is 1. The molecule has 1 aromatic heterocycles. The standard InChI is InChI=1S/C39H48FN3O4S/c1-6-47-39(45)34-33(42-36(37-41-19-20-48-37)43-35(34)29-15-10-16-32(40)25(29)4)23-27-11-7-8-13-28-14-9-12-26(18-17-24(2)3)21-30(28)31(22-27)38(44)46-5/h10,14-16,18-20,22,24,30-31,35H,6-9,11-13,17,21,23H2,1-5H3,(H,42,43)/b26-18-,27-22?/t30-,31-,35-/m0/s1. The maximum atomic E-state index is 14.9. The number of allylic oxidation sites excluding steroid dienone is 5. The highest BCUT2D eigenvalue weighted by Crippen LogP contribution is 2.41. The van der Waals surface area contributed by atoms with Crippen LogP contribution in [0.2, 0.25) is 0 Å². The molecule has 0 amide bonds. The first-order valence-electron chi connectivity index (χ1n) is 17.2. The number of hydrogen-bond acceptors (Lipinski definition) is 8. The van der Waals surface area contributed by atoms with Crippen molar-refractivity contribution < 1.29 is 23.5 Å². The molecule has 0 radical (unpaired) electrons. The highest BCUT2D eigenvalue weighted by Gasteiger charge is 2.36. The Bertz CT molecular complexity index is 1640. The molecular weight excluding hydrogens is 626 g/mol. The van der Waals surface area contributed by atoms with Crippen LogP contribution in [0.3, 0.4) is 0 Å². The molecule has 1 aliphatic heterocycles. The van der Waals surface area contributed by atoms with Gasteiger partial charge in [-0.15, -0.1) is 11.3 Å². The molecule has 1 aromatic carbocycles. The number of rotatable bonds is 9. The summed E-state index contributed by atoms with van der Waals surface area (Å²) in [6, 6.07) is 4.07. The van der Waals surface area contributed by atoms with E-state index in [-0.39, 0.29) is 24.3 Å². The second kappa shape index (κ2) is 16.5. The molecule has 5 rings (SSSR count). The van der Waals surface area contributed by atoms with E-state index in [4.69, 9.17) is 14.5 Å². The number of halogens is 1. The van der Waals surface area contributed by atoms with Crippen molar-refractivity contribution in [1.82, 2.24) is 10.3 Å². The molecule has 2 heterocycles. The van der Waals surface area contributed by atoms with Crippen molar-refractivity contribution in [3.63, 3.8) is 0 Å². The predicted octanol–water partition coefficient (Wildman–Crippen LogP) is 8.88. The smallest absolute Gasteiger partial charge is 0.338 e. The Morgan fingerprint density at radius 3 is 2.73 bits per heavy atom. The summed E-state index contributed by atoms with van der Waals surface area (Å²) in [5.74, 6) is -0.473. The summed E-state index contributed by atoms with van der Waals surface area (Å²) >= 11 is 1.43. The lowest BCUT2D eigenvalue weighted by molar-refractivity contribution is -0.145. The molecular formula is C39H48FN3O4S. The van der Waals surface area contributed by atoms with E-state index >= 15 is 0 Å². The van der Waals surface area contributed by atoms with Gasteiger partial charge in [0, 0.05) is 29.6 Å². The van der Waals surface area contributed by atoms with Crippen LogP contribution in [0.25, 0.3) is 0 Å². The van der Waals surface area contributed by atoms with Crippen molar-refractivity contribution in [1.29, 1.82) is 0 Å². The van der Waals surface area contributed by atoms with E-state index in [9.17, 15) is 14.0 Å². The van der Waals surface area contributed by atoms with Gasteiger partial charge in [-0.3, -0.25) is 9.79 Å². The average molecular weight is 674 g/mol. The van der Waals surface area contributed by atoms with Crippen molar-refractivity contribution >= 4 is 29.1 Å². The lowest BCUT2D eigenvalue weighted by Crippen LogP contribution is -2.34. The third-order valence-corrected chi connectivity index (χ3v) is 10.3. The number of esters is 2. The minimum Gasteiger partial charge on any atom is -0.469 e. The Kier molecular flexibility index (Phi) is 12.2. The average Bonchev–Trinajstić information content (AvgIpc) is 3.56. The monoisotopic (exact) mass is 673 g/mol. The molecule has 0 unspecified atom stereocenters. The van der Waals surface area contributed by atoms with E-state index in [1.165, 1.54) is 35.7 Å². The normalized spacial score (nSPS) is 22.7. The number of hydrogen-bond donors (Lipinski definition) is 1. The van der Waals surface area contributed by atoms with Crippen LogP contribution in [0, 0.1) is 30.5 Å². The van der Waals surface area contributed by atoms with Crippen LogP contribution >= 0.6 is 11.3 Å². The molecule has 256 valence electrons. The third kappa shape index (κ3) is 8.41. The summed E-state index contributed by atoms with van der Waals surface area (Å²) in [7, 11) is 1.46. The SMILES string of the molecule is CCOC(=O)C1=C(CC2=C[C@H](C(=O)OC)[C@H]3C/C(=C\CC(C)C)CCC=C3CCCC2)NC(c2nccs2)=N[C@H]1c1cccc(F)c1C. The highest BCUT2D eigenvalue weighted by atomic mass is 32.1. The molecule has 7 nitrogen and oxygen atoms in total. The fourth-order valence-corrected chi connectivity index (χ4v) is 7.59. The van der Waals surface area contributed by atoms with Crippen molar-refractivity contribution in [2.24, 2.45) is 22.7 Å². The lowest BCUT2D eigenvalue weighted by atomic mass is 9.79. The van der Waals surface area contributed by atoms with Crippen LogP contribution in [0.5, 0.6) is 0 Å². The zero-order chi connectivity index (χ0) is 34.2. The molecule has 0 saturated carbocycles. The first-order valence-corrected chi connectivity index (χ1v) is 18.1. The molecule has 3 aliphatic rings. The number of carbonyl (C=O) groups is 2. The summed E-state index contributed by atoms with van der Waals surface area (Å²) in [6.07, 6.45) is 16.4. The second-order valence-electron chi connectivity index (χ2n) is 13.3. The Morgan fingerprint density at radius 2 is 2.00 bits per heavy atom. The van der Waals surface area contributed by atoms with Crippen molar-refractivity contribution in [2.75, 3.05) is 13.7 Å². The number of benzene rings is 1. The summed E-state index contributed by atoms with van der Waals surface area (Å²) in [6.45, 7) is 8.12. The van der Waals surface area contributed by atoms with Gasteiger partial charge in [0.05, 0.1) is 25.2 Å². The Hall–Kier alpha value is -3.85. The fourth-order valence-electron chi connectivity index (χ4n) is 7.00. The zero-order valence-corrected chi connectivity index (χ0v) is 29.6. The molecule has 0 spiro atoms. The maximum absolute atomic E-state index is 14.9. The summed E-state index contributed by atoms with van der Waals surface area (Å²) in [5.41, 5.74) is 5.79. The van der Waals surface area contributed by atoms with Crippen LogP contribution in [-0.4, -0.2) is 36.5 Å². The molecule has 48 heavy (non-hydrogen) atoms. The van der Waals surface area contributed by atoms with Gasteiger partial charge in [0.1, 0.15) is 11.9 Å². The number of fused-ring (bicyclic) bond motifs is 1. The quantitative estimate of drug-likeness (QED) is 0.211. The van der Waals surface area contributed by atoms with Gasteiger partial charge in [-0.1, -0.05) is 60.9 Å². The number of methoxy groups -OCH3 is 1. The number of nitrogens with zero attached hydrogens (tertiary/aromatic N) is 2. The summed E-state index contributed by atoms with van der Waals surface area (Å²) in [5, 5.41) is 5.98. The minimum absolute atomic E-state index is 0.0134. The molecule has 2 aliphatic carbocycles. The molecule has 0 saturated heterocycles. The Labute approximate surface area is 288 Å². The zero-order valence-electron chi connectivity index (χ0n) is 28.8. The van der Waals surface area contributed by atoms with Crippen LogP contribution in [-0.2, 0) is 19.1 Å². The van der Waals surface area contributed by atoms with Gasteiger partial charge in [-0.05, 0) is 88.3 Å². The molecule has 2 aromatic rings. The van der Waals surface area contributed by atoms with Crippen molar-refractivity contribution in [3.05, 3.63) is 97.9 Å². The lowest BCUT2D eigenvalue weighted by Gasteiger charge is -2.29. The van der Waals surface area contributed by atoms with Gasteiger partial charge in [-0.25, -0.2) is 14.2 Å². The first-order chi connectivity index (χ1) is 23.2. The van der Waals surface area contributed by atoms with E-state index in [1.807, 2.05) is 11.4 Å². The van der Waals surface area contributed by atoms with Gasteiger partial charge >= 0.3 is 11.9 Å². The predicted molar refractivity (Wildman–Crippen MR) is 189 cm³/mol. The van der Waals surface area contributed by atoms with Gasteiger partial charge in [0.2, 0.25) is 0 Å². The van der Waals surface area contributed by atoms with Crippen LogP contribution in [0.1, 0.15) is 101 Å². The van der Waals surface area contributed by atoms with Crippen LogP contribution in [0.4, 0.5) is 4.39 Å². The molecule has 0 fully saturated rings. The number of nitrogens with one attached hydrogen (secondary N) is 1.